The number of urea groups is 1. The van der Waals surface area contributed by atoms with Gasteiger partial charge in [0, 0.05) is 13.0 Å². The van der Waals surface area contributed by atoms with E-state index in [1.165, 1.54) is 4.90 Å². The molecule has 2 unspecified atom stereocenters. The lowest BCUT2D eigenvalue weighted by atomic mass is 10.1. The van der Waals surface area contributed by atoms with Crippen LogP contribution in [-0.4, -0.2) is 51.7 Å². The van der Waals surface area contributed by atoms with E-state index in [1.54, 1.807) is 0 Å². The van der Waals surface area contributed by atoms with Crippen molar-refractivity contribution in [3.05, 3.63) is 12.2 Å². The molecule has 2 atom stereocenters. The Hall–Kier alpha value is -1.89. The van der Waals surface area contributed by atoms with E-state index < -0.39 is 24.1 Å². The Bertz CT molecular complexity index is 478. The number of nitrogens with one attached hydrogen (secondary N) is 1. The molecule has 0 aromatic carbocycles. The summed E-state index contributed by atoms with van der Waals surface area (Å²) in [5.41, 5.74) is 0. The highest BCUT2D eigenvalue weighted by atomic mass is 16.4. The summed E-state index contributed by atoms with van der Waals surface area (Å²) in [6, 6.07) is -0.957. The topological polar surface area (TPSA) is 107 Å². The molecule has 1 aliphatic rings. The van der Waals surface area contributed by atoms with E-state index in [0.29, 0.717) is 38.6 Å². The summed E-state index contributed by atoms with van der Waals surface area (Å²) in [7, 11) is 0. The van der Waals surface area contributed by atoms with E-state index in [-0.39, 0.29) is 12.3 Å². The molecular formula is C18H30N2O5. The third-order valence-corrected chi connectivity index (χ3v) is 4.30. The first kappa shape index (κ1) is 21.2. The van der Waals surface area contributed by atoms with E-state index in [1.807, 2.05) is 12.2 Å². The maximum absolute atomic E-state index is 11.9. The standard InChI is InChI=1S/C18H30N2O5/c1-2-3-6-9-14(21)12-13-20-15(17(24)19-18(20)25)10-7-4-5-8-11-16(22)23/h4,7,14-15,21H,2-3,5-6,8-13H2,1H3,(H,22,23)(H,19,24,25). The first-order valence-corrected chi connectivity index (χ1v) is 9.12. The molecule has 3 amide bonds. The highest BCUT2D eigenvalue weighted by molar-refractivity contribution is 6.04. The van der Waals surface area contributed by atoms with Gasteiger partial charge in [0.15, 0.2) is 0 Å². The molecule has 25 heavy (non-hydrogen) atoms. The molecule has 3 N–H and O–H groups in total. The molecule has 7 nitrogen and oxygen atoms in total. The summed E-state index contributed by atoms with van der Waals surface area (Å²) in [6.07, 6.45) is 9.21. The van der Waals surface area contributed by atoms with Crippen molar-refractivity contribution in [1.29, 1.82) is 0 Å². The summed E-state index contributed by atoms with van der Waals surface area (Å²) < 4.78 is 0. The van der Waals surface area contributed by atoms with E-state index in [2.05, 4.69) is 12.2 Å². The first-order chi connectivity index (χ1) is 12.0. The third kappa shape index (κ3) is 8.16. The van der Waals surface area contributed by atoms with Crippen molar-refractivity contribution >= 4 is 17.9 Å². The number of rotatable bonds is 13. The number of hydrogen-bond acceptors (Lipinski definition) is 4. The van der Waals surface area contributed by atoms with Gasteiger partial charge >= 0.3 is 12.0 Å². The monoisotopic (exact) mass is 354 g/mol. The lowest BCUT2D eigenvalue weighted by Crippen LogP contribution is -2.36. The number of carbonyl (C=O) groups excluding carboxylic acids is 2. The van der Waals surface area contributed by atoms with Gasteiger partial charge in [0.25, 0.3) is 5.91 Å². The summed E-state index contributed by atoms with van der Waals surface area (Å²) in [4.78, 5) is 35.7. The fourth-order valence-corrected chi connectivity index (χ4v) is 2.81. The van der Waals surface area contributed by atoms with Crippen LogP contribution in [0.1, 0.15) is 64.7 Å². The lowest BCUT2D eigenvalue weighted by molar-refractivity contribution is -0.137. The fraction of sp³-hybridized carbons (Fsp3) is 0.722. The van der Waals surface area contributed by atoms with Gasteiger partial charge in [0.1, 0.15) is 6.04 Å². The van der Waals surface area contributed by atoms with Gasteiger partial charge in [-0.25, -0.2) is 4.79 Å². The second kappa shape index (κ2) is 11.6. The SMILES string of the molecule is CCCCCC(O)CCN1C(=O)NC(=O)C1CC=CCCCC(=O)O. The predicted molar refractivity (Wildman–Crippen MR) is 94.0 cm³/mol. The minimum absolute atomic E-state index is 0.120. The molecular weight excluding hydrogens is 324 g/mol. The summed E-state index contributed by atoms with van der Waals surface area (Å²) in [6.45, 7) is 2.45. The molecule has 1 rings (SSSR count). The second-order valence-corrected chi connectivity index (χ2v) is 6.43. The number of carboxylic acids is 1. The van der Waals surface area contributed by atoms with Crippen molar-refractivity contribution in [3.8, 4) is 0 Å². The Morgan fingerprint density at radius 3 is 2.68 bits per heavy atom. The zero-order valence-electron chi connectivity index (χ0n) is 14.9. The van der Waals surface area contributed by atoms with Gasteiger partial charge in [-0.1, -0.05) is 38.3 Å². The number of imide groups is 1. The molecule has 142 valence electrons. The highest BCUT2D eigenvalue weighted by Gasteiger charge is 2.37. The highest BCUT2D eigenvalue weighted by Crippen LogP contribution is 2.16. The molecule has 0 spiro atoms. The van der Waals surface area contributed by atoms with Crippen molar-refractivity contribution in [2.45, 2.75) is 76.9 Å². The molecule has 0 aliphatic carbocycles. The number of hydrogen-bond donors (Lipinski definition) is 3. The Morgan fingerprint density at radius 1 is 1.24 bits per heavy atom. The Balaban J connectivity index is 2.39. The average molecular weight is 354 g/mol. The fourth-order valence-electron chi connectivity index (χ4n) is 2.81. The number of allylic oxidation sites excluding steroid dienone is 1. The van der Waals surface area contributed by atoms with Crippen LogP contribution in [0.15, 0.2) is 12.2 Å². The van der Waals surface area contributed by atoms with Gasteiger partial charge in [-0.3, -0.25) is 14.9 Å². The van der Waals surface area contributed by atoms with Crippen LogP contribution in [0.2, 0.25) is 0 Å². The molecule has 1 fully saturated rings. The molecule has 1 aliphatic heterocycles. The molecule has 7 heteroatoms. The minimum Gasteiger partial charge on any atom is -0.481 e. The Kier molecular flexibility index (Phi) is 9.84. The lowest BCUT2D eigenvalue weighted by Gasteiger charge is -2.22. The molecule has 1 saturated heterocycles. The first-order valence-electron chi connectivity index (χ1n) is 9.12. The van der Waals surface area contributed by atoms with Gasteiger partial charge in [-0.05, 0) is 32.1 Å². The van der Waals surface area contributed by atoms with Crippen LogP contribution in [0.3, 0.4) is 0 Å². The van der Waals surface area contributed by atoms with Crippen LogP contribution < -0.4 is 5.32 Å². The average Bonchev–Trinajstić information content (AvgIpc) is 2.82. The number of aliphatic carboxylic acids is 1. The maximum atomic E-state index is 11.9. The van der Waals surface area contributed by atoms with E-state index in [9.17, 15) is 19.5 Å². The molecule has 1 heterocycles. The van der Waals surface area contributed by atoms with Crippen LogP contribution in [0, 0.1) is 0 Å². The Labute approximate surface area is 149 Å². The van der Waals surface area contributed by atoms with Crippen LogP contribution >= 0.6 is 0 Å². The number of aliphatic hydroxyl groups excluding tert-OH is 1. The smallest absolute Gasteiger partial charge is 0.324 e. The summed E-state index contributed by atoms with van der Waals surface area (Å²) >= 11 is 0. The number of nitrogens with zero attached hydrogens (tertiary/aromatic N) is 1. The quantitative estimate of drug-likeness (QED) is 0.267. The molecule has 0 saturated carbocycles. The van der Waals surface area contributed by atoms with Gasteiger partial charge in [0.05, 0.1) is 6.10 Å². The number of aliphatic hydroxyl groups is 1. The summed E-state index contributed by atoms with van der Waals surface area (Å²) in [5.74, 6) is -1.14. The third-order valence-electron chi connectivity index (χ3n) is 4.30. The van der Waals surface area contributed by atoms with E-state index in [4.69, 9.17) is 5.11 Å². The molecule has 0 aromatic rings. The van der Waals surface area contributed by atoms with Crippen molar-refractivity contribution in [2.75, 3.05) is 6.54 Å². The van der Waals surface area contributed by atoms with Crippen LogP contribution in [0.4, 0.5) is 4.79 Å². The number of amides is 3. The number of carboxylic acid groups (broad SMARTS) is 1. The van der Waals surface area contributed by atoms with E-state index >= 15 is 0 Å². The van der Waals surface area contributed by atoms with E-state index in [0.717, 1.165) is 19.3 Å². The van der Waals surface area contributed by atoms with Crippen molar-refractivity contribution < 1.29 is 24.6 Å². The Morgan fingerprint density at radius 2 is 2.00 bits per heavy atom. The maximum Gasteiger partial charge on any atom is 0.324 e. The minimum atomic E-state index is -0.821. The van der Waals surface area contributed by atoms with Crippen molar-refractivity contribution in [1.82, 2.24) is 10.2 Å². The van der Waals surface area contributed by atoms with Gasteiger partial charge in [-0.2, -0.15) is 0 Å². The predicted octanol–water partition coefficient (Wildman–Crippen LogP) is 2.44. The van der Waals surface area contributed by atoms with Crippen molar-refractivity contribution in [2.24, 2.45) is 0 Å². The largest absolute Gasteiger partial charge is 0.481 e. The van der Waals surface area contributed by atoms with Crippen LogP contribution in [0.5, 0.6) is 0 Å². The normalized spacial score (nSPS) is 18.8. The second-order valence-electron chi connectivity index (χ2n) is 6.43. The molecule has 0 radical (unpaired) electrons. The zero-order chi connectivity index (χ0) is 18.7. The number of carbonyl (C=O) groups is 3. The van der Waals surface area contributed by atoms with Gasteiger partial charge < -0.3 is 15.1 Å². The van der Waals surface area contributed by atoms with Gasteiger partial charge in [-0.15, -0.1) is 0 Å². The number of unbranched alkanes of at least 4 members (excludes halogenated alkanes) is 3. The molecule has 0 bridgehead atoms. The molecule has 0 aromatic heterocycles. The van der Waals surface area contributed by atoms with Crippen LogP contribution in [-0.2, 0) is 9.59 Å². The zero-order valence-corrected chi connectivity index (χ0v) is 14.9. The summed E-state index contributed by atoms with van der Waals surface area (Å²) in [5, 5.41) is 20.9. The van der Waals surface area contributed by atoms with Crippen molar-refractivity contribution in [3.63, 3.8) is 0 Å². The van der Waals surface area contributed by atoms with Crippen LogP contribution in [0.25, 0.3) is 0 Å². The van der Waals surface area contributed by atoms with Gasteiger partial charge in [0.2, 0.25) is 0 Å².